The zero-order valence-corrected chi connectivity index (χ0v) is 19.2. The lowest BCUT2D eigenvalue weighted by molar-refractivity contribution is 0.143. The average molecular weight is 476 g/mol. The van der Waals surface area contributed by atoms with Crippen LogP contribution in [0.25, 0.3) is 10.2 Å². The van der Waals surface area contributed by atoms with Crippen molar-refractivity contribution in [2.75, 3.05) is 25.1 Å². The fourth-order valence-electron chi connectivity index (χ4n) is 2.91. The fraction of sp³-hybridized carbons (Fsp3) is 0.318. The molecule has 3 rings (SSSR count). The molecule has 170 valence electrons. The largest absolute Gasteiger partial charge is 0.396 e. The van der Waals surface area contributed by atoms with Crippen molar-refractivity contribution < 1.29 is 15.0 Å². The second kappa shape index (κ2) is 11.8. The fourth-order valence-corrected chi connectivity index (χ4v) is 3.90. The van der Waals surface area contributed by atoms with Crippen LogP contribution in [0.2, 0.25) is 5.02 Å². The number of aliphatic hydroxyl groups is 2. The molecule has 0 fully saturated rings. The predicted octanol–water partition coefficient (Wildman–Crippen LogP) is 3.52. The summed E-state index contributed by atoms with van der Waals surface area (Å²) in [6.07, 6.45) is 0.465. The van der Waals surface area contributed by atoms with E-state index in [2.05, 4.69) is 25.9 Å². The highest BCUT2D eigenvalue weighted by atomic mass is 35.5. The molecule has 0 spiro atoms. The Hall–Kier alpha value is -2.72. The summed E-state index contributed by atoms with van der Waals surface area (Å²) in [4.78, 5) is 21.4. The summed E-state index contributed by atoms with van der Waals surface area (Å²) >= 11 is 7.54. The monoisotopic (exact) mass is 475 g/mol. The number of carbonyl (C=O) groups excluding carboxylic acids is 1. The number of nitrogens with one attached hydrogen (secondary N) is 3. The van der Waals surface area contributed by atoms with Crippen LogP contribution in [0.15, 0.2) is 47.5 Å². The molecular weight excluding hydrogens is 450 g/mol. The molecule has 8 nitrogen and oxygen atoms in total. The molecular formula is C22H26ClN5O3S. The third-order valence-corrected chi connectivity index (χ3v) is 5.86. The average Bonchev–Trinajstić information content (AvgIpc) is 3.15. The number of aliphatic imine (C=N–C) groups is 1. The minimum absolute atomic E-state index is 0.130. The molecule has 0 aliphatic carbocycles. The highest BCUT2D eigenvalue weighted by Crippen LogP contribution is 2.24. The van der Waals surface area contributed by atoms with E-state index >= 15 is 0 Å². The number of benzene rings is 2. The van der Waals surface area contributed by atoms with Crippen LogP contribution in [0, 0.1) is 12.8 Å². The van der Waals surface area contributed by atoms with Crippen LogP contribution in [0.5, 0.6) is 0 Å². The Kier molecular flexibility index (Phi) is 8.81. The SMILES string of the molecule is Cc1nc2ccc(NC(=NCc3ccc(Cl)cc3)NC(=O)NCCC(CO)CO)cc2s1. The topological polar surface area (TPSA) is 119 Å². The van der Waals surface area contributed by atoms with Gasteiger partial charge in [-0.25, -0.2) is 14.8 Å². The molecule has 0 atom stereocenters. The molecule has 0 saturated carbocycles. The lowest BCUT2D eigenvalue weighted by Crippen LogP contribution is -2.43. The van der Waals surface area contributed by atoms with Crippen molar-refractivity contribution >= 4 is 50.8 Å². The molecule has 2 aromatic carbocycles. The van der Waals surface area contributed by atoms with E-state index in [0.717, 1.165) is 26.5 Å². The molecule has 10 heteroatoms. The summed E-state index contributed by atoms with van der Waals surface area (Å²) in [7, 11) is 0. The standard InChI is InChI=1S/C22H26ClN5O3S/c1-14-26-19-7-6-18(10-20(19)32-14)27-21(25-11-15-2-4-17(23)5-3-15)28-22(31)24-9-8-16(12-29)13-30/h2-7,10,16,29-30H,8-9,11-13H2,1H3,(H3,24,25,27,28,31). The van der Waals surface area contributed by atoms with Crippen molar-refractivity contribution in [3.63, 3.8) is 0 Å². The number of rotatable bonds is 8. The van der Waals surface area contributed by atoms with Gasteiger partial charge in [-0.15, -0.1) is 11.3 Å². The van der Waals surface area contributed by atoms with E-state index in [1.165, 1.54) is 0 Å². The van der Waals surface area contributed by atoms with Crippen molar-refractivity contribution in [2.45, 2.75) is 19.9 Å². The first-order valence-electron chi connectivity index (χ1n) is 10.2. The van der Waals surface area contributed by atoms with Crippen molar-refractivity contribution in [1.29, 1.82) is 0 Å². The number of amides is 2. The Morgan fingerprint density at radius 2 is 1.94 bits per heavy atom. The van der Waals surface area contributed by atoms with E-state index in [-0.39, 0.29) is 19.1 Å². The maximum absolute atomic E-state index is 12.4. The zero-order chi connectivity index (χ0) is 22.9. The number of aromatic nitrogens is 1. The molecule has 0 radical (unpaired) electrons. The van der Waals surface area contributed by atoms with Crippen molar-refractivity contribution in [2.24, 2.45) is 10.9 Å². The summed E-state index contributed by atoms with van der Waals surface area (Å²) in [6.45, 7) is 2.36. The van der Waals surface area contributed by atoms with Gasteiger partial charge in [0.1, 0.15) is 0 Å². The van der Waals surface area contributed by atoms with Crippen molar-refractivity contribution in [3.05, 3.63) is 58.1 Å². The zero-order valence-electron chi connectivity index (χ0n) is 17.6. The molecule has 2 amide bonds. The molecule has 5 N–H and O–H groups in total. The first-order valence-corrected chi connectivity index (χ1v) is 11.4. The van der Waals surface area contributed by atoms with Gasteiger partial charge >= 0.3 is 6.03 Å². The van der Waals surface area contributed by atoms with Crippen molar-refractivity contribution in [3.8, 4) is 0 Å². The van der Waals surface area contributed by atoms with E-state index in [1.54, 1.807) is 23.5 Å². The Morgan fingerprint density at radius 3 is 2.66 bits per heavy atom. The van der Waals surface area contributed by atoms with Gasteiger partial charge in [-0.1, -0.05) is 23.7 Å². The maximum Gasteiger partial charge on any atom is 0.321 e. The van der Waals surface area contributed by atoms with E-state index in [4.69, 9.17) is 21.8 Å². The molecule has 0 unspecified atom stereocenters. The number of hydrogen-bond donors (Lipinski definition) is 5. The number of carbonyl (C=O) groups is 1. The van der Waals surface area contributed by atoms with Gasteiger partial charge < -0.3 is 20.8 Å². The normalized spacial score (nSPS) is 11.7. The van der Waals surface area contributed by atoms with Gasteiger partial charge in [0.2, 0.25) is 5.96 Å². The van der Waals surface area contributed by atoms with E-state index in [9.17, 15) is 4.79 Å². The number of urea groups is 1. The molecule has 3 aromatic rings. The molecule has 32 heavy (non-hydrogen) atoms. The number of anilines is 1. The second-order valence-electron chi connectivity index (χ2n) is 7.23. The van der Waals surface area contributed by atoms with Crippen LogP contribution in [0.3, 0.4) is 0 Å². The lowest BCUT2D eigenvalue weighted by atomic mass is 10.1. The number of hydrogen-bond acceptors (Lipinski definition) is 6. The maximum atomic E-state index is 12.4. The Labute approximate surface area is 195 Å². The van der Waals surface area contributed by atoms with Crippen LogP contribution in [0.1, 0.15) is 17.0 Å². The Bertz CT molecular complexity index is 1070. The minimum Gasteiger partial charge on any atom is -0.396 e. The van der Waals surface area contributed by atoms with E-state index < -0.39 is 6.03 Å². The first kappa shape index (κ1) is 23.9. The van der Waals surface area contributed by atoms with Gasteiger partial charge in [-0.2, -0.15) is 0 Å². The quantitative estimate of drug-likeness (QED) is 0.252. The second-order valence-corrected chi connectivity index (χ2v) is 8.90. The number of thiazole rings is 1. The van der Waals surface area contributed by atoms with Gasteiger partial charge in [-0.3, -0.25) is 5.32 Å². The van der Waals surface area contributed by atoms with Gasteiger partial charge in [0.15, 0.2) is 0 Å². The number of halogens is 1. The number of aryl methyl sites for hydroxylation is 1. The molecule has 0 saturated heterocycles. The van der Waals surface area contributed by atoms with E-state index in [1.807, 2.05) is 37.3 Å². The Balaban J connectivity index is 1.69. The Morgan fingerprint density at radius 1 is 1.19 bits per heavy atom. The van der Waals surface area contributed by atoms with Gasteiger partial charge in [-0.05, 0) is 49.2 Å². The van der Waals surface area contributed by atoms with Crippen LogP contribution < -0.4 is 16.0 Å². The highest BCUT2D eigenvalue weighted by molar-refractivity contribution is 7.18. The van der Waals surface area contributed by atoms with E-state index in [0.29, 0.717) is 30.5 Å². The molecule has 1 heterocycles. The van der Waals surface area contributed by atoms with Crippen LogP contribution >= 0.6 is 22.9 Å². The summed E-state index contributed by atoms with van der Waals surface area (Å²) < 4.78 is 1.04. The smallest absolute Gasteiger partial charge is 0.321 e. The minimum atomic E-state index is -0.434. The summed E-state index contributed by atoms with van der Waals surface area (Å²) in [5, 5.41) is 28.5. The number of aliphatic hydroxyl groups excluding tert-OH is 2. The third-order valence-electron chi connectivity index (χ3n) is 4.68. The predicted molar refractivity (Wildman–Crippen MR) is 129 cm³/mol. The van der Waals surface area contributed by atoms with Crippen LogP contribution in [-0.2, 0) is 6.54 Å². The van der Waals surface area contributed by atoms with Gasteiger partial charge in [0, 0.05) is 36.4 Å². The third kappa shape index (κ3) is 7.16. The van der Waals surface area contributed by atoms with Crippen molar-refractivity contribution in [1.82, 2.24) is 15.6 Å². The summed E-state index contributed by atoms with van der Waals surface area (Å²) in [5.41, 5.74) is 2.64. The summed E-state index contributed by atoms with van der Waals surface area (Å²) in [5.74, 6) is 0.0277. The first-order chi connectivity index (χ1) is 15.5. The number of guanidine groups is 1. The van der Waals surface area contributed by atoms with Crippen LogP contribution in [-0.4, -0.2) is 46.9 Å². The van der Waals surface area contributed by atoms with Crippen LogP contribution in [0.4, 0.5) is 10.5 Å². The molecule has 0 aliphatic rings. The lowest BCUT2D eigenvalue weighted by Gasteiger charge is -2.14. The van der Waals surface area contributed by atoms with Gasteiger partial charge in [0.05, 0.1) is 21.8 Å². The van der Waals surface area contributed by atoms with Gasteiger partial charge in [0.25, 0.3) is 0 Å². The molecule has 0 aliphatic heterocycles. The molecule has 1 aromatic heterocycles. The molecule has 0 bridgehead atoms. The number of nitrogens with zero attached hydrogens (tertiary/aromatic N) is 2. The highest BCUT2D eigenvalue weighted by Gasteiger charge is 2.10. The number of fused-ring (bicyclic) bond motifs is 1. The summed E-state index contributed by atoms with van der Waals surface area (Å²) in [6, 6.07) is 12.7.